The summed E-state index contributed by atoms with van der Waals surface area (Å²) in [6.07, 6.45) is 2.10. The van der Waals surface area contributed by atoms with E-state index >= 15 is 0 Å². The van der Waals surface area contributed by atoms with Crippen LogP contribution in [0.3, 0.4) is 0 Å². The molecule has 0 fully saturated rings. The summed E-state index contributed by atoms with van der Waals surface area (Å²) in [6, 6.07) is 6.00. The van der Waals surface area contributed by atoms with Gasteiger partial charge in [0.25, 0.3) is 0 Å². The summed E-state index contributed by atoms with van der Waals surface area (Å²) in [5, 5.41) is 4.43. The van der Waals surface area contributed by atoms with Crippen LogP contribution in [0.25, 0.3) is 11.0 Å². The molecule has 2 heterocycles. The lowest BCUT2D eigenvalue weighted by atomic mass is 10.2. The number of benzene rings is 1. The van der Waals surface area contributed by atoms with Crippen molar-refractivity contribution in [2.24, 2.45) is 0 Å². The molecule has 0 amide bonds. The first kappa shape index (κ1) is 13.2. The van der Waals surface area contributed by atoms with Gasteiger partial charge in [0.2, 0.25) is 0 Å². The number of aromatic nitrogens is 2. The Labute approximate surface area is 123 Å². The van der Waals surface area contributed by atoms with E-state index in [0.29, 0.717) is 0 Å². The number of nitrogens with two attached hydrogens (primary N) is 1. The lowest BCUT2D eigenvalue weighted by molar-refractivity contribution is 0.721. The van der Waals surface area contributed by atoms with Crippen LogP contribution in [0.4, 0.5) is 5.69 Å². The molecule has 0 saturated heterocycles. The van der Waals surface area contributed by atoms with E-state index in [1.165, 1.54) is 16.6 Å². The molecule has 1 aromatic carbocycles. The normalized spacial score (nSPS) is 11.3. The van der Waals surface area contributed by atoms with E-state index in [1.807, 2.05) is 12.1 Å². The highest BCUT2D eigenvalue weighted by Gasteiger charge is 2.12. The molecule has 2 N–H and O–H groups in total. The molecule has 104 valence electrons. The monoisotopic (exact) mass is 285 g/mol. The zero-order valence-electron chi connectivity index (χ0n) is 11.9. The van der Waals surface area contributed by atoms with Crippen LogP contribution in [0.15, 0.2) is 29.0 Å². The number of hydrogen-bond donors (Lipinski definition) is 1. The fourth-order valence-electron chi connectivity index (χ4n) is 2.51. The van der Waals surface area contributed by atoms with Crippen LogP contribution in [0.2, 0.25) is 0 Å². The molecule has 3 nitrogen and oxygen atoms in total. The molecule has 0 radical (unpaired) electrons. The number of nitrogens with zero attached hydrogens (tertiary/aromatic N) is 2. The smallest absolute Gasteiger partial charge is 0.110 e. The maximum atomic E-state index is 5.87. The van der Waals surface area contributed by atoms with Crippen molar-refractivity contribution in [1.82, 2.24) is 9.55 Å². The van der Waals surface area contributed by atoms with Crippen LogP contribution >= 0.6 is 11.3 Å². The molecular weight excluding hydrogens is 266 g/mol. The summed E-state index contributed by atoms with van der Waals surface area (Å²) in [4.78, 5) is 4.76. The Kier molecular flexibility index (Phi) is 3.49. The molecule has 0 unspecified atom stereocenters. The second-order valence-electron chi connectivity index (χ2n) is 5.19. The van der Waals surface area contributed by atoms with Crippen molar-refractivity contribution in [2.45, 2.75) is 33.2 Å². The Hall–Kier alpha value is -1.81. The average Bonchev–Trinajstić information content (AvgIpc) is 2.96. The van der Waals surface area contributed by atoms with Crippen LogP contribution in [-0.4, -0.2) is 9.55 Å². The Morgan fingerprint density at radius 2 is 2.15 bits per heavy atom. The molecule has 2 aromatic heterocycles. The summed E-state index contributed by atoms with van der Waals surface area (Å²) >= 11 is 1.76. The number of rotatable bonds is 4. The van der Waals surface area contributed by atoms with E-state index in [1.54, 1.807) is 11.3 Å². The summed E-state index contributed by atoms with van der Waals surface area (Å²) < 4.78 is 2.33. The minimum atomic E-state index is 0.775. The van der Waals surface area contributed by atoms with Crippen molar-refractivity contribution < 1.29 is 0 Å². The minimum absolute atomic E-state index is 0.775. The summed E-state index contributed by atoms with van der Waals surface area (Å²) in [7, 11) is 0. The van der Waals surface area contributed by atoms with E-state index in [9.17, 15) is 0 Å². The van der Waals surface area contributed by atoms with Crippen LogP contribution < -0.4 is 5.73 Å². The molecule has 0 spiro atoms. The first-order valence-electron chi connectivity index (χ1n) is 6.95. The second kappa shape index (κ2) is 5.29. The van der Waals surface area contributed by atoms with Gasteiger partial charge in [0.15, 0.2) is 0 Å². The van der Waals surface area contributed by atoms with Gasteiger partial charge >= 0.3 is 0 Å². The fourth-order valence-corrected chi connectivity index (χ4v) is 3.35. The predicted molar refractivity (Wildman–Crippen MR) is 86.3 cm³/mol. The maximum Gasteiger partial charge on any atom is 0.110 e. The largest absolute Gasteiger partial charge is 0.399 e. The molecule has 0 aliphatic carbocycles. The topological polar surface area (TPSA) is 43.8 Å². The van der Waals surface area contributed by atoms with Crippen LogP contribution in [0.1, 0.15) is 30.3 Å². The van der Waals surface area contributed by atoms with Gasteiger partial charge < -0.3 is 10.3 Å². The van der Waals surface area contributed by atoms with E-state index in [4.69, 9.17) is 10.7 Å². The van der Waals surface area contributed by atoms with Gasteiger partial charge in [-0.1, -0.05) is 6.92 Å². The van der Waals surface area contributed by atoms with E-state index in [0.717, 1.165) is 36.4 Å². The van der Waals surface area contributed by atoms with Gasteiger partial charge in [-0.25, -0.2) is 4.98 Å². The summed E-state index contributed by atoms with van der Waals surface area (Å²) in [5.41, 5.74) is 11.6. The zero-order valence-corrected chi connectivity index (χ0v) is 12.7. The number of nitrogen functional groups attached to an aromatic ring is 1. The molecule has 0 aliphatic heterocycles. The van der Waals surface area contributed by atoms with Crippen molar-refractivity contribution in [3.8, 4) is 0 Å². The minimum Gasteiger partial charge on any atom is -0.399 e. The number of anilines is 1. The highest BCUT2D eigenvalue weighted by molar-refractivity contribution is 7.08. The summed E-state index contributed by atoms with van der Waals surface area (Å²) in [5.74, 6) is 1.15. The van der Waals surface area contributed by atoms with Gasteiger partial charge in [-0.05, 0) is 53.4 Å². The van der Waals surface area contributed by atoms with Gasteiger partial charge in [0, 0.05) is 12.1 Å². The average molecular weight is 285 g/mol. The van der Waals surface area contributed by atoms with Gasteiger partial charge in [0.05, 0.1) is 17.6 Å². The highest BCUT2D eigenvalue weighted by atomic mass is 32.1. The molecule has 0 saturated carbocycles. The molecule has 4 heteroatoms. The molecule has 0 aliphatic rings. The van der Waals surface area contributed by atoms with Crippen molar-refractivity contribution >= 4 is 28.1 Å². The van der Waals surface area contributed by atoms with E-state index in [-0.39, 0.29) is 0 Å². The van der Waals surface area contributed by atoms with Crippen molar-refractivity contribution in [1.29, 1.82) is 0 Å². The van der Waals surface area contributed by atoms with Crippen LogP contribution in [0.5, 0.6) is 0 Å². The third kappa shape index (κ3) is 2.31. The lowest BCUT2D eigenvalue weighted by Crippen LogP contribution is -2.05. The van der Waals surface area contributed by atoms with Crippen molar-refractivity contribution in [3.05, 3.63) is 45.9 Å². The standard InChI is InChI=1S/C16H19N3S/c1-3-4-16-18-14-7-13(17)5-6-15(14)19(16)8-12-10-20-9-11(12)2/h5-7,9-10H,3-4,8,17H2,1-2H3. The molecular formula is C16H19N3S. The van der Waals surface area contributed by atoms with Crippen molar-refractivity contribution in [3.63, 3.8) is 0 Å². The highest BCUT2D eigenvalue weighted by Crippen LogP contribution is 2.23. The number of thiophene rings is 1. The lowest BCUT2D eigenvalue weighted by Gasteiger charge is -2.08. The van der Waals surface area contributed by atoms with Gasteiger partial charge in [-0.2, -0.15) is 11.3 Å². The maximum absolute atomic E-state index is 5.87. The van der Waals surface area contributed by atoms with E-state index in [2.05, 4.69) is 35.2 Å². The van der Waals surface area contributed by atoms with Gasteiger partial charge in [0.1, 0.15) is 5.82 Å². The first-order chi connectivity index (χ1) is 9.69. The number of imidazole rings is 1. The van der Waals surface area contributed by atoms with Crippen LogP contribution in [0, 0.1) is 6.92 Å². The number of fused-ring (bicyclic) bond motifs is 1. The third-order valence-corrected chi connectivity index (χ3v) is 4.53. The molecule has 3 aromatic rings. The molecule has 0 atom stereocenters. The molecule has 0 bridgehead atoms. The predicted octanol–water partition coefficient (Wildman–Crippen LogP) is 3.99. The van der Waals surface area contributed by atoms with Gasteiger partial charge in [-0.15, -0.1) is 0 Å². The third-order valence-electron chi connectivity index (χ3n) is 3.62. The first-order valence-corrected chi connectivity index (χ1v) is 7.89. The van der Waals surface area contributed by atoms with Crippen LogP contribution in [-0.2, 0) is 13.0 Å². The Balaban J connectivity index is 2.11. The SMILES string of the molecule is CCCc1nc2cc(N)ccc2n1Cc1cscc1C. The molecule has 20 heavy (non-hydrogen) atoms. The number of aryl methyl sites for hydroxylation is 2. The quantitative estimate of drug-likeness (QED) is 0.737. The van der Waals surface area contributed by atoms with E-state index < -0.39 is 0 Å². The second-order valence-corrected chi connectivity index (χ2v) is 5.94. The van der Waals surface area contributed by atoms with Gasteiger partial charge in [-0.3, -0.25) is 0 Å². The Morgan fingerprint density at radius 1 is 1.30 bits per heavy atom. The summed E-state index contributed by atoms with van der Waals surface area (Å²) in [6.45, 7) is 5.25. The number of hydrogen-bond acceptors (Lipinski definition) is 3. The fraction of sp³-hybridized carbons (Fsp3) is 0.312. The zero-order chi connectivity index (χ0) is 14.1. The Bertz CT molecular complexity index is 739. The van der Waals surface area contributed by atoms with Crippen molar-refractivity contribution in [2.75, 3.05) is 5.73 Å². The Morgan fingerprint density at radius 3 is 2.85 bits per heavy atom. The molecule has 3 rings (SSSR count).